The van der Waals surface area contributed by atoms with Gasteiger partial charge >= 0.3 is 6.09 Å². The summed E-state index contributed by atoms with van der Waals surface area (Å²) in [5, 5.41) is 2.61. The molecule has 0 aliphatic rings. The van der Waals surface area contributed by atoms with Crippen molar-refractivity contribution in [3.8, 4) is 0 Å². The second kappa shape index (κ2) is 9.36. The molecular formula is C20H30N2O4. The number of nitrogens with one attached hydrogen (secondary N) is 1. The molecule has 0 saturated heterocycles. The second-order valence-electron chi connectivity index (χ2n) is 7.34. The zero-order chi connectivity index (χ0) is 19.9. The number of rotatable bonds is 7. The largest absolute Gasteiger partial charge is 0.444 e. The van der Waals surface area contributed by atoms with E-state index in [-0.39, 0.29) is 31.3 Å². The predicted octanol–water partition coefficient (Wildman–Crippen LogP) is 3.25. The summed E-state index contributed by atoms with van der Waals surface area (Å²) in [4.78, 5) is 37.9. The number of ketones is 1. The molecule has 0 bridgehead atoms. The summed E-state index contributed by atoms with van der Waals surface area (Å²) in [5.74, 6) is -0.240. The zero-order valence-corrected chi connectivity index (χ0v) is 16.6. The first-order chi connectivity index (χ1) is 12.0. The molecule has 1 rings (SSSR count). The van der Waals surface area contributed by atoms with Gasteiger partial charge in [-0.15, -0.1) is 0 Å². The van der Waals surface area contributed by atoms with E-state index in [4.69, 9.17) is 4.74 Å². The molecule has 2 amide bonds. The number of carbonyl (C=O) groups excluding carboxylic acids is 3. The Kier molecular flexibility index (Phi) is 7.80. The lowest BCUT2D eigenvalue weighted by atomic mass is 10.0. The van der Waals surface area contributed by atoms with Crippen molar-refractivity contribution in [3.05, 3.63) is 34.9 Å². The van der Waals surface area contributed by atoms with Crippen molar-refractivity contribution < 1.29 is 19.1 Å². The topological polar surface area (TPSA) is 75.7 Å². The quantitative estimate of drug-likeness (QED) is 0.756. The number of hydrogen-bond donors (Lipinski definition) is 1. The number of carbonyl (C=O) groups is 3. The van der Waals surface area contributed by atoms with Crippen molar-refractivity contribution >= 4 is 17.8 Å². The molecule has 6 nitrogen and oxygen atoms in total. The fraction of sp³-hybridized carbons (Fsp3) is 0.550. The number of benzene rings is 1. The van der Waals surface area contributed by atoms with Crippen LogP contribution < -0.4 is 5.32 Å². The van der Waals surface area contributed by atoms with Crippen LogP contribution in [0.1, 0.15) is 55.6 Å². The molecule has 0 aliphatic carbocycles. The molecule has 1 aromatic carbocycles. The first-order valence-electron chi connectivity index (χ1n) is 8.88. The molecule has 0 radical (unpaired) electrons. The third kappa shape index (κ3) is 7.25. The normalized spacial score (nSPS) is 11.0. The average molecular weight is 362 g/mol. The summed E-state index contributed by atoms with van der Waals surface area (Å²) in [6.45, 7) is 11.4. The van der Waals surface area contributed by atoms with Gasteiger partial charge in [0.2, 0.25) is 5.91 Å². The first-order valence-corrected chi connectivity index (χ1v) is 8.88. The van der Waals surface area contributed by atoms with Gasteiger partial charge in [0, 0.05) is 25.1 Å². The van der Waals surface area contributed by atoms with Crippen LogP contribution in [0.25, 0.3) is 0 Å². The van der Waals surface area contributed by atoms with Crippen LogP contribution in [0.15, 0.2) is 18.2 Å². The van der Waals surface area contributed by atoms with Crippen molar-refractivity contribution in [1.29, 1.82) is 0 Å². The van der Waals surface area contributed by atoms with Crippen LogP contribution in [-0.4, -0.2) is 47.9 Å². The predicted molar refractivity (Wildman–Crippen MR) is 101 cm³/mol. The Bertz CT molecular complexity index is 662. The number of nitrogens with zero attached hydrogens (tertiary/aromatic N) is 1. The highest BCUT2D eigenvalue weighted by molar-refractivity contribution is 6.00. The summed E-state index contributed by atoms with van der Waals surface area (Å²) >= 11 is 0. The van der Waals surface area contributed by atoms with Crippen LogP contribution >= 0.6 is 0 Å². The van der Waals surface area contributed by atoms with E-state index in [2.05, 4.69) is 5.32 Å². The third-order valence-electron chi connectivity index (χ3n) is 3.72. The third-order valence-corrected chi connectivity index (χ3v) is 3.72. The Labute approximate surface area is 155 Å². The number of alkyl carbamates (subject to hydrolysis) is 1. The molecule has 26 heavy (non-hydrogen) atoms. The van der Waals surface area contributed by atoms with E-state index in [1.807, 2.05) is 26.0 Å². The maximum absolute atomic E-state index is 12.6. The van der Waals surface area contributed by atoms with Crippen molar-refractivity contribution in [2.24, 2.45) is 0 Å². The van der Waals surface area contributed by atoms with Crippen molar-refractivity contribution in [1.82, 2.24) is 10.2 Å². The average Bonchev–Trinajstić information content (AvgIpc) is 2.51. The first kappa shape index (κ1) is 21.7. The van der Waals surface area contributed by atoms with Crippen molar-refractivity contribution in [3.63, 3.8) is 0 Å². The highest BCUT2D eigenvalue weighted by atomic mass is 16.6. The lowest BCUT2D eigenvalue weighted by Gasteiger charge is -2.23. The van der Waals surface area contributed by atoms with Gasteiger partial charge in [0.25, 0.3) is 0 Å². The number of Topliss-reactive ketones (excluding diaryl/α,β-unsaturated/α-hetero) is 1. The van der Waals surface area contributed by atoms with Gasteiger partial charge in [0.05, 0.1) is 6.54 Å². The van der Waals surface area contributed by atoms with Gasteiger partial charge in [-0.25, -0.2) is 4.79 Å². The number of ether oxygens (including phenoxy) is 1. The standard InChI is InChI=1S/C20H30N2O4/c1-7-18(24)22(11-10-21-19(25)26-20(4,5)6)13-17(23)16-9-8-14(2)12-15(16)3/h8-9,12H,7,10-11,13H2,1-6H3,(H,21,25). The highest BCUT2D eigenvalue weighted by Crippen LogP contribution is 2.12. The van der Waals surface area contributed by atoms with Crippen LogP contribution in [0.3, 0.4) is 0 Å². The smallest absolute Gasteiger partial charge is 0.407 e. The van der Waals surface area contributed by atoms with E-state index < -0.39 is 11.7 Å². The molecule has 0 aromatic heterocycles. The van der Waals surface area contributed by atoms with E-state index in [1.165, 1.54) is 4.90 Å². The summed E-state index contributed by atoms with van der Waals surface area (Å²) < 4.78 is 5.16. The molecular weight excluding hydrogens is 332 g/mol. The molecule has 0 saturated carbocycles. The minimum absolute atomic E-state index is 0.00737. The summed E-state index contributed by atoms with van der Waals surface area (Å²) in [7, 11) is 0. The minimum atomic E-state index is -0.581. The fourth-order valence-corrected chi connectivity index (χ4v) is 2.51. The molecule has 0 spiro atoms. The van der Waals surface area contributed by atoms with Crippen LogP contribution in [0, 0.1) is 13.8 Å². The van der Waals surface area contributed by atoms with Crippen LogP contribution in [0.2, 0.25) is 0 Å². The van der Waals surface area contributed by atoms with Crippen molar-refractivity contribution in [2.75, 3.05) is 19.6 Å². The Balaban J connectivity index is 2.68. The molecule has 0 atom stereocenters. The molecule has 0 unspecified atom stereocenters. The van der Waals surface area contributed by atoms with Crippen LogP contribution in [0.5, 0.6) is 0 Å². The van der Waals surface area contributed by atoms with Gasteiger partial charge in [-0.3, -0.25) is 9.59 Å². The fourth-order valence-electron chi connectivity index (χ4n) is 2.51. The lowest BCUT2D eigenvalue weighted by molar-refractivity contribution is -0.130. The van der Waals surface area contributed by atoms with Crippen LogP contribution in [-0.2, 0) is 9.53 Å². The summed E-state index contributed by atoms with van der Waals surface area (Å²) in [6.07, 6.45) is -0.242. The Morgan fingerprint density at radius 1 is 1.15 bits per heavy atom. The number of aryl methyl sites for hydroxylation is 2. The van der Waals surface area contributed by atoms with Gasteiger partial charge in [0.1, 0.15) is 5.60 Å². The van der Waals surface area contributed by atoms with Gasteiger partial charge in [-0.1, -0.05) is 30.7 Å². The Morgan fingerprint density at radius 2 is 1.81 bits per heavy atom. The molecule has 0 aliphatic heterocycles. The van der Waals surface area contributed by atoms with E-state index >= 15 is 0 Å². The van der Waals surface area contributed by atoms with Gasteiger partial charge in [-0.2, -0.15) is 0 Å². The maximum Gasteiger partial charge on any atom is 0.407 e. The van der Waals surface area contributed by atoms with E-state index in [9.17, 15) is 14.4 Å². The lowest BCUT2D eigenvalue weighted by Crippen LogP contribution is -2.42. The molecule has 6 heteroatoms. The van der Waals surface area contributed by atoms with Gasteiger partial charge in [0.15, 0.2) is 5.78 Å². The molecule has 0 heterocycles. The second-order valence-corrected chi connectivity index (χ2v) is 7.34. The molecule has 144 valence electrons. The highest BCUT2D eigenvalue weighted by Gasteiger charge is 2.19. The SMILES string of the molecule is CCC(=O)N(CCNC(=O)OC(C)(C)C)CC(=O)c1ccc(C)cc1C. The summed E-state index contributed by atoms with van der Waals surface area (Å²) in [6, 6.07) is 5.63. The number of hydrogen-bond acceptors (Lipinski definition) is 4. The van der Waals surface area contributed by atoms with Gasteiger partial charge < -0.3 is 15.0 Å². The molecule has 1 aromatic rings. The van der Waals surface area contributed by atoms with E-state index in [0.29, 0.717) is 12.0 Å². The van der Waals surface area contributed by atoms with Crippen molar-refractivity contribution in [2.45, 2.75) is 53.6 Å². The number of amides is 2. The maximum atomic E-state index is 12.6. The van der Waals surface area contributed by atoms with E-state index in [0.717, 1.165) is 11.1 Å². The van der Waals surface area contributed by atoms with E-state index in [1.54, 1.807) is 33.8 Å². The minimum Gasteiger partial charge on any atom is -0.444 e. The van der Waals surface area contributed by atoms with Gasteiger partial charge in [-0.05, 0) is 40.2 Å². The Hall–Kier alpha value is -2.37. The summed E-state index contributed by atoms with van der Waals surface area (Å²) in [5.41, 5.74) is 2.01. The Morgan fingerprint density at radius 3 is 2.35 bits per heavy atom. The molecule has 1 N–H and O–H groups in total. The zero-order valence-electron chi connectivity index (χ0n) is 16.6. The van der Waals surface area contributed by atoms with Crippen LogP contribution in [0.4, 0.5) is 4.79 Å². The molecule has 0 fully saturated rings. The monoisotopic (exact) mass is 362 g/mol.